The summed E-state index contributed by atoms with van der Waals surface area (Å²) in [5.41, 5.74) is 7.42. The molecule has 2 rings (SSSR count). The number of benzene rings is 1. The van der Waals surface area contributed by atoms with Crippen LogP contribution in [0.15, 0.2) is 39.3 Å². The summed E-state index contributed by atoms with van der Waals surface area (Å²) in [7, 11) is 0. The second kappa shape index (κ2) is 4.59. The lowest BCUT2D eigenvalue weighted by Crippen LogP contribution is -1.95. The van der Waals surface area contributed by atoms with Crippen molar-refractivity contribution < 1.29 is 4.52 Å². The standard InChI is InChI=1S/C11H11BrN2O/c12-11-4-2-1-3-8(11)5-10-6-9(7-13)14-15-10/h1-4,6H,5,7,13H2. The van der Waals surface area contributed by atoms with E-state index in [0.29, 0.717) is 6.54 Å². The zero-order valence-electron chi connectivity index (χ0n) is 8.11. The molecule has 0 spiro atoms. The maximum absolute atomic E-state index is 5.45. The molecule has 1 aromatic carbocycles. The molecule has 2 N–H and O–H groups in total. The summed E-state index contributed by atoms with van der Waals surface area (Å²) >= 11 is 3.49. The molecule has 4 heteroatoms. The molecule has 78 valence electrons. The van der Waals surface area contributed by atoms with Gasteiger partial charge in [-0.05, 0) is 11.6 Å². The quantitative estimate of drug-likeness (QED) is 0.929. The molecular formula is C11H11BrN2O. The Morgan fingerprint density at radius 3 is 2.80 bits per heavy atom. The van der Waals surface area contributed by atoms with Gasteiger partial charge in [-0.25, -0.2) is 0 Å². The Balaban J connectivity index is 2.18. The van der Waals surface area contributed by atoms with Crippen molar-refractivity contribution in [3.8, 4) is 0 Å². The molecule has 0 aliphatic carbocycles. The lowest BCUT2D eigenvalue weighted by Gasteiger charge is -1.99. The fourth-order valence-corrected chi connectivity index (χ4v) is 1.79. The number of nitrogens with zero attached hydrogens (tertiary/aromatic N) is 1. The van der Waals surface area contributed by atoms with Crippen LogP contribution in [0.3, 0.4) is 0 Å². The monoisotopic (exact) mass is 266 g/mol. The Labute approximate surface area is 96.4 Å². The van der Waals surface area contributed by atoms with Gasteiger partial charge in [-0.2, -0.15) is 0 Å². The third-order valence-electron chi connectivity index (χ3n) is 2.14. The average molecular weight is 267 g/mol. The van der Waals surface area contributed by atoms with Crippen molar-refractivity contribution in [2.75, 3.05) is 0 Å². The molecule has 0 unspecified atom stereocenters. The maximum Gasteiger partial charge on any atom is 0.141 e. The largest absolute Gasteiger partial charge is 0.361 e. The Morgan fingerprint density at radius 2 is 2.13 bits per heavy atom. The van der Waals surface area contributed by atoms with Gasteiger partial charge in [0.25, 0.3) is 0 Å². The van der Waals surface area contributed by atoms with Crippen molar-refractivity contribution in [1.82, 2.24) is 5.16 Å². The third kappa shape index (κ3) is 2.46. The highest BCUT2D eigenvalue weighted by atomic mass is 79.9. The molecule has 0 aliphatic rings. The maximum atomic E-state index is 5.45. The number of aromatic nitrogens is 1. The number of halogens is 1. The van der Waals surface area contributed by atoms with Crippen LogP contribution in [0.5, 0.6) is 0 Å². The topological polar surface area (TPSA) is 52.0 Å². The van der Waals surface area contributed by atoms with E-state index in [0.717, 1.165) is 22.3 Å². The molecular weight excluding hydrogens is 256 g/mol. The summed E-state index contributed by atoms with van der Waals surface area (Å²) in [6, 6.07) is 9.93. The second-order valence-corrected chi connectivity index (χ2v) is 4.11. The molecule has 0 saturated carbocycles. The van der Waals surface area contributed by atoms with Gasteiger partial charge >= 0.3 is 0 Å². The predicted octanol–water partition coefficient (Wildman–Crippen LogP) is 2.49. The number of hydrogen-bond acceptors (Lipinski definition) is 3. The Bertz CT molecular complexity index is 453. The Hall–Kier alpha value is -1.13. The fraction of sp³-hybridized carbons (Fsp3) is 0.182. The van der Waals surface area contributed by atoms with E-state index >= 15 is 0 Å². The van der Waals surface area contributed by atoms with Gasteiger partial charge in [0, 0.05) is 23.5 Å². The van der Waals surface area contributed by atoms with E-state index in [1.165, 1.54) is 5.56 Å². The number of rotatable bonds is 3. The van der Waals surface area contributed by atoms with Gasteiger partial charge in [0.05, 0.1) is 5.69 Å². The molecule has 1 heterocycles. The zero-order valence-corrected chi connectivity index (χ0v) is 9.70. The molecule has 15 heavy (non-hydrogen) atoms. The molecule has 0 bridgehead atoms. The molecule has 0 aliphatic heterocycles. The van der Waals surface area contributed by atoms with Gasteiger partial charge < -0.3 is 10.3 Å². The molecule has 0 radical (unpaired) electrons. The highest BCUT2D eigenvalue weighted by Crippen LogP contribution is 2.19. The van der Waals surface area contributed by atoms with Crippen LogP contribution >= 0.6 is 15.9 Å². The molecule has 0 fully saturated rings. The predicted molar refractivity (Wildman–Crippen MR) is 61.3 cm³/mol. The van der Waals surface area contributed by atoms with Crippen LogP contribution in [0.2, 0.25) is 0 Å². The molecule has 0 amide bonds. The molecule has 1 aromatic heterocycles. The van der Waals surface area contributed by atoms with Crippen molar-refractivity contribution >= 4 is 15.9 Å². The van der Waals surface area contributed by atoms with E-state index < -0.39 is 0 Å². The van der Waals surface area contributed by atoms with Crippen molar-refractivity contribution in [3.05, 3.63) is 51.8 Å². The van der Waals surface area contributed by atoms with E-state index in [-0.39, 0.29) is 0 Å². The smallest absolute Gasteiger partial charge is 0.141 e. The third-order valence-corrected chi connectivity index (χ3v) is 2.91. The van der Waals surface area contributed by atoms with Crippen LogP contribution in [0.1, 0.15) is 17.0 Å². The number of hydrogen-bond donors (Lipinski definition) is 1. The van der Waals surface area contributed by atoms with Gasteiger partial charge in [0.15, 0.2) is 0 Å². The van der Waals surface area contributed by atoms with Gasteiger partial charge in [0.1, 0.15) is 5.76 Å². The zero-order chi connectivity index (χ0) is 10.7. The highest BCUT2D eigenvalue weighted by molar-refractivity contribution is 9.10. The van der Waals surface area contributed by atoms with Crippen LogP contribution in [-0.4, -0.2) is 5.16 Å². The van der Waals surface area contributed by atoms with Crippen LogP contribution in [-0.2, 0) is 13.0 Å². The van der Waals surface area contributed by atoms with Crippen molar-refractivity contribution in [2.24, 2.45) is 5.73 Å². The van der Waals surface area contributed by atoms with E-state index in [4.69, 9.17) is 10.3 Å². The van der Waals surface area contributed by atoms with E-state index in [2.05, 4.69) is 27.2 Å². The van der Waals surface area contributed by atoms with Gasteiger partial charge in [-0.15, -0.1) is 0 Å². The normalized spacial score (nSPS) is 10.5. The Morgan fingerprint density at radius 1 is 1.33 bits per heavy atom. The van der Waals surface area contributed by atoms with Crippen molar-refractivity contribution in [2.45, 2.75) is 13.0 Å². The first-order chi connectivity index (χ1) is 7.29. The summed E-state index contributed by atoms with van der Waals surface area (Å²) in [6.45, 7) is 0.416. The SMILES string of the molecule is NCc1cc(Cc2ccccc2Br)on1. The van der Waals surface area contributed by atoms with Crippen LogP contribution in [0.4, 0.5) is 0 Å². The minimum atomic E-state index is 0.416. The first-order valence-corrected chi connectivity index (χ1v) is 5.47. The molecule has 0 atom stereocenters. The average Bonchev–Trinajstić information content (AvgIpc) is 2.69. The molecule has 2 aromatic rings. The van der Waals surface area contributed by atoms with Crippen molar-refractivity contribution in [3.63, 3.8) is 0 Å². The minimum Gasteiger partial charge on any atom is -0.361 e. The van der Waals surface area contributed by atoms with E-state index in [1.807, 2.05) is 24.3 Å². The number of nitrogens with two attached hydrogens (primary N) is 1. The summed E-state index contributed by atoms with van der Waals surface area (Å²) in [6.07, 6.45) is 0.731. The Kier molecular flexibility index (Phi) is 3.18. The summed E-state index contributed by atoms with van der Waals surface area (Å²) < 4.78 is 6.24. The van der Waals surface area contributed by atoms with Crippen LogP contribution < -0.4 is 5.73 Å². The molecule has 0 saturated heterocycles. The van der Waals surface area contributed by atoms with Crippen LogP contribution in [0.25, 0.3) is 0 Å². The van der Waals surface area contributed by atoms with Crippen LogP contribution in [0, 0.1) is 0 Å². The fourth-order valence-electron chi connectivity index (χ4n) is 1.36. The minimum absolute atomic E-state index is 0.416. The first-order valence-electron chi connectivity index (χ1n) is 4.67. The van der Waals surface area contributed by atoms with Gasteiger partial charge in [-0.3, -0.25) is 0 Å². The molecule has 3 nitrogen and oxygen atoms in total. The summed E-state index contributed by atoms with van der Waals surface area (Å²) in [5, 5.41) is 3.85. The first kappa shape index (κ1) is 10.4. The van der Waals surface area contributed by atoms with E-state index in [1.54, 1.807) is 0 Å². The van der Waals surface area contributed by atoms with E-state index in [9.17, 15) is 0 Å². The van der Waals surface area contributed by atoms with Gasteiger partial charge in [0.2, 0.25) is 0 Å². The lowest BCUT2D eigenvalue weighted by atomic mass is 10.1. The highest BCUT2D eigenvalue weighted by Gasteiger charge is 2.05. The second-order valence-electron chi connectivity index (χ2n) is 3.26. The van der Waals surface area contributed by atoms with Crippen molar-refractivity contribution in [1.29, 1.82) is 0 Å². The lowest BCUT2D eigenvalue weighted by molar-refractivity contribution is 0.383. The summed E-state index contributed by atoms with van der Waals surface area (Å²) in [5.74, 6) is 0.836. The van der Waals surface area contributed by atoms with Gasteiger partial charge in [-0.1, -0.05) is 39.3 Å². The summed E-state index contributed by atoms with van der Waals surface area (Å²) in [4.78, 5) is 0.